The molecule has 1 heterocycles. The number of para-hydroxylation sites is 1. The van der Waals surface area contributed by atoms with Crippen molar-refractivity contribution in [2.45, 2.75) is 0 Å². The lowest BCUT2D eigenvalue weighted by Gasteiger charge is -1.98. The fourth-order valence-corrected chi connectivity index (χ4v) is 1.68. The van der Waals surface area contributed by atoms with E-state index in [2.05, 4.69) is 15.6 Å². The van der Waals surface area contributed by atoms with Crippen molar-refractivity contribution in [3.05, 3.63) is 62.4 Å². The van der Waals surface area contributed by atoms with Crippen LogP contribution in [0.2, 0.25) is 0 Å². The van der Waals surface area contributed by atoms with Crippen LogP contribution in [0, 0.1) is 20.2 Å². The Morgan fingerprint density at radius 2 is 1.96 bits per heavy atom. The van der Waals surface area contributed by atoms with E-state index in [0.29, 0.717) is 5.56 Å². The number of hydrogen-bond acceptors (Lipinski definition) is 6. The number of nitro benzene ring substituents is 1. The van der Waals surface area contributed by atoms with Crippen LogP contribution in [0.1, 0.15) is 5.76 Å². The Labute approximate surface area is 128 Å². The van der Waals surface area contributed by atoms with Gasteiger partial charge in [0.25, 0.3) is 11.6 Å². The lowest BCUT2D eigenvalue weighted by molar-refractivity contribution is -0.485. The van der Waals surface area contributed by atoms with Gasteiger partial charge in [0.2, 0.25) is 0 Å². The second-order valence-electron chi connectivity index (χ2n) is 4.07. The molecule has 0 radical (unpaired) electrons. The van der Waals surface area contributed by atoms with Gasteiger partial charge < -0.3 is 10.2 Å². The Hall–Kier alpha value is -3.76. The molecule has 1 aromatic carbocycles. The minimum absolute atomic E-state index is 0.0918. The normalized spacial score (nSPS) is 11.6. The standard InChI is InChI=1S/C12H10N6O5/c13-12(16-18(21)22)15-14-7-8-5-6-11(23-8)9-3-1-2-4-10(9)17(19)20/h1-7H,(H3,13,15,16). The molecule has 0 aliphatic carbocycles. The van der Waals surface area contributed by atoms with Gasteiger partial charge in [-0.05, 0) is 18.2 Å². The molecule has 0 atom stereocenters. The van der Waals surface area contributed by atoms with E-state index in [1.54, 1.807) is 18.2 Å². The Morgan fingerprint density at radius 1 is 1.22 bits per heavy atom. The minimum Gasteiger partial charge on any atom is -0.455 e. The molecule has 0 aliphatic heterocycles. The van der Waals surface area contributed by atoms with Crippen LogP contribution in [-0.4, -0.2) is 22.1 Å². The summed E-state index contributed by atoms with van der Waals surface area (Å²) in [6.07, 6.45) is 1.20. The first-order valence-corrected chi connectivity index (χ1v) is 6.08. The van der Waals surface area contributed by atoms with E-state index in [-0.39, 0.29) is 17.2 Å². The van der Waals surface area contributed by atoms with Crippen LogP contribution in [-0.2, 0) is 0 Å². The van der Waals surface area contributed by atoms with E-state index >= 15 is 0 Å². The van der Waals surface area contributed by atoms with E-state index in [1.807, 2.05) is 0 Å². The fraction of sp³-hybridized carbons (Fsp3) is 0. The average molecular weight is 318 g/mol. The summed E-state index contributed by atoms with van der Waals surface area (Å²) < 4.78 is 5.42. The third-order valence-electron chi connectivity index (χ3n) is 2.55. The van der Waals surface area contributed by atoms with Crippen LogP contribution in [0.5, 0.6) is 0 Å². The highest BCUT2D eigenvalue weighted by Gasteiger charge is 2.16. The number of hydrogen-bond donors (Lipinski definition) is 2. The molecule has 118 valence electrons. The number of guanidine groups is 1. The summed E-state index contributed by atoms with van der Waals surface area (Å²) in [7, 11) is 0. The van der Waals surface area contributed by atoms with Gasteiger partial charge >= 0.3 is 0 Å². The molecule has 0 saturated carbocycles. The Balaban J connectivity index is 2.16. The predicted molar refractivity (Wildman–Crippen MR) is 80.1 cm³/mol. The van der Waals surface area contributed by atoms with Crippen LogP contribution >= 0.6 is 0 Å². The van der Waals surface area contributed by atoms with Gasteiger partial charge in [0, 0.05) is 6.07 Å². The summed E-state index contributed by atoms with van der Waals surface area (Å²) in [6, 6.07) is 9.18. The van der Waals surface area contributed by atoms with E-state index in [0.717, 1.165) is 0 Å². The zero-order valence-electron chi connectivity index (χ0n) is 11.4. The maximum Gasteiger partial charge on any atom is 0.286 e. The first kappa shape index (κ1) is 15.6. The number of nitro groups is 2. The number of benzene rings is 1. The monoisotopic (exact) mass is 318 g/mol. The molecular formula is C12H10N6O5. The van der Waals surface area contributed by atoms with Crippen LogP contribution in [0.15, 0.2) is 51.0 Å². The molecule has 2 rings (SSSR count). The maximum atomic E-state index is 11.0. The van der Waals surface area contributed by atoms with Gasteiger partial charge in [0.1, 0.15) is 16.6 Å². The highest BCUT2D eigenvalue weighted by Crippen LogP contribution is 2.30. The molecule has 2 aromatic rings. The number of nitrogens with one attached hydrogen (secondary N) is 1. The van der Waals surface area contributed by atoms with Crippen LogP contribution in [0.25, 0.3) is 11.3 Å². The third-order valence-corrected chi connectivity index (χ3v) is 2.55. The molecule has 0 amide bonds. The summed E-state index contributed by atoms with van der Waals surface area (Å²) >= 11 is 0. The van der Waals surface area contributed by atoms with Gasteiger partial charge in [-0.15, -0.1) is 0 Å². The first-order valence-electron chi connectivity index (χ1n) is 6.08. The number of nitrogens with zero attached hydrogens (tertiary/aromatic N) is 4. The highest BCUT2D eigenvalue weighted by molar-refractivity contribution is 5.82. The Morgan fingerprint density at radius 3 is 2.65 bits per heavy atom. The highest BCUT2D eigenvalue weighted by atomic mass is 16.7. The number of furan rings is 1. The van der Waals surface area contributed by atoms with E-state index in [4.69, 9.17) is 10.2 Å². The van der Waals surface area contributed by atoms with Crippen LogP contribution in [0.3, 0.4) is 0 Å². The van der Waals surface area contributed by atoms with Gasteiger partial charge in [0.05, 0.1) is 16.7 Å². The Kier molecular flexibility index (Phi) is 4.62. The van der Waals surface area contributed by atoms with Gasteiger partial charge in [-0.1, -0.05) is 12.1 Å². The SMILES string of the molecule is NC(=N[N+](=O)[O-])NN=Cc1ccc(-c2ccccc2[N+](=O)[O-])o1. The van der Waals surface area contributed by atoms with Crippen molar-refractivity contribution in [2.75, 3.05) is 0 Å². The molecule has 23 heavy (non-hydrogen) atoms. The number of rotatable bonds is 5. The summed E-state index contributed by atoms with van der Waals surface area (Å²) in [5.74, 6) is 0.0435. The second-order valence-corrected chi connectivity index (χ2v) is 4.07. The average Bonchev–Trinajstić information content (AvgIpc) is 2.95. The van der Waals surface area contributed by atoms with Gasteiger partial charge in [-0.2, -0.15) is 5.10 Å². The Bertz CT molecular complexity index is 797. The summed E-state index contributed by atoms with van der Waals surface area (Å²) in [5.41, 5.74) is 7.52. The van der Waals surface area contributed by atoms with E-state index in [9.17, 15) is 20.2 Å². The maximum absolute atomic E-state index is 11.0. The molecule has 0 saturated heterocycles. The third kappa shape index (κ3) is 4.10. The molecule has 0 unspecified atom stereocenters. The van der Waals surface area contributed by atoms with Crippen LogP contribution < -0.4 is 11.2 Å². The number of hydrazone groups is 2. The van der Waals surface area contributed by atoms with Crippen molar-refractivity contribution in [1.82, 2.24) is 5.43 Å². The summed E-state index contributed by atoms with van der Waals surface area (Å²) in [6.45, 7) is 0. The molecule has 3 N–H and O–H groups in total. The van der Waals surface area contributed by atoms with Gasteiger partial charge in [-0.25, -0.2) is 15.5 Å². The fourth-order valence-electron chi connectivity index (χ4n) is 1.68. The predicted octanol–water partition coefficient (Wildman–Crippen LogP) is 1.28. The zero-order valence-corrected chi connectivity index (χ0v) is 11.4. The molecule has 0 fully saturated rings. The quantitative estimate of drug-likeness (QED) is 0.363. The minimum atomic E-state index is -0.975. The van der Waals surface area contributed by atoms with Crippen molar-refractivity contribution in [2.24, 2.45) is 15.9 Å². The molecule has 0 aliphatic rings. The van der Waals surface area contributed by atoms with Crippen molar-refractivity contribution in [1.29, 1.82) is 0 Å². The van der Waals surface area contributed by atoms with Crippen molar-refractivity contribution in [3.63, 3.8) is 0 Å². The zero-order chi connectivity index (χ0) is 16.8. The topological polar surface area (TPSA) is 162 Å². The van der Waals surface area contributed by atoms with Crippen molar-refractivity contribution in [3.8, 4) is 11.3 Å². The lowest BCUT2D eigenvalue weighted by atomic mass is 10.1. The first-order chi connectivity index (χ1) is 11.0. The van der Waals surface area contributed by atoms with E-state index < -0.39 is 15.9 Å². The second kappa shape index (κ2) is 6.80. The summed E-state index contributed by atoms with van der Waals surface area (Å²) in [5, 5.41) is 26.4. The molecule has 1 aromatic heterocycles. The van der Waals surface area contributed by atoms with Crippen molar-refractivity contribution >= 4 is 17.9 Å². The summed E-state index contributed by atoms with van der Waals surface area (Å²) in [4.78, 5) is 20.5. The lowest BCUT2D eigenvalue weighted by Crippen LogP contribution is -2.28. The van der Waals surface area contributed by atoms with Crippen molar-refractivity contribution < 1.29 is 14.4 Å². The molecule has 0 bridgehead atoms. The van der Waals surface area contributed by atoms with Gasteiger partial charge in [0.15, 0.2) is 5.03 Å². The van der Waals surface area contributed by atoms with Gasteiger partial charge in [-0.3, -0.25) is 10.1 Å². The molecule has 0 spiro atoms. The molecular weight excluding hydrogens is 308 g/mol. The molecule has 11 nitrogen and oxygen atoms in total. The molecule has 11 heteroatoms. The van der Waals surface area contributed by atoms with E-state index in [1.165, 1.54) is 24.4 Å². The van der Waals surface area contributed by atoms with Crippen LogP contribution in [0.4, 0.5) is 5.69 Å². The smallest absolute Gasteiger partial charge is 0.286 e. The largest absolute Gasteiger partial charge is 0.455 e. The number of nitrogens with two attached hydrogens (primary N) is 1.